The number of hydrogen-bond acceptors (Lipinski definition) is 12. The smallest absolute Gasteiger partial charge is 0.407 e. The number of carbonyl (C=O) groups excluding carboxylic acids is 8. The van der Waals surface area contributed by atoms with E-state index in [2.05, 4.69) is 33.5 Å². The molecule has 20 heteroatoms. The van der Waals surface area contributed by atoms with Gasteiger partial charge in [-0.2, -0.15) is 0 Å². The zero-order chi connectivity index (χ0) is 57.8. The molecular formula is C58H73F2N7O11. The molecule has 1 saturated heterocycles. The van der Waals surface area contributed by atoms with Crippen molar-refractivity contribution in [2.45, 2.75) is 128 Å². The fourth-order valence-electron chi connectivity index (χ4n) is 8.78. The molecule has 0 aromatic heterocycles. The highest BCUT2D eigenvalue weighted by molar-refractivity contribution is 6.02. The first-order chi connectivity index (χ1) is 36.6. The number of hydroxylamine groups is 2. The lowest BCUT2D eigenvalue weighted by Crippen LogP contribution is -2.47. The van der Waals surface area contributed by atoms with E-state index in [1.54, 1.807) is 53.7 Å². The molecule has 18 nitrogen and oxygen atoms in total. The van der Waals surface area contributed by atoms with Crippen LogP contribution in [0.25, 0.3) is 0 Å². The van der Waals surface area contributed by atoms with E-state index in [1.165, 1.54) is 38.4 Å². The van der Waals surface area contributed by atoms with Crippen LogP contribution in [0.3, 0.4) is 0 Å². The summed E-state index contributed by atoms with van der Waals surface area (Å²) in [7, 11) is 2.87. The van der Waals surface area contributed by atoms with Gasteiger partial charge in [-0.1, -0.05) is 86.6 Å². The maximum Gasteiger partial charge on any atom is 0.407 e. The number of imide groups is 1. The van der Waals surface area contributed by atoms with Gasteiger partial charge in [0.05, 0.1) is 23.1 Å². The molecule has 1 aliphatic heterocycles. The van der Waals surface area contributed by atoms with Gasteiger partial charge in [-0.15, -0.1) is 5.06 Å². The summed E-state index contributed by atoms with van der Waals surface area (Å²) in [6.07, 6.45) is 1.03. The van der Waals surface area contributed by atoms with E-state index in [-0.39, 0.29) is 72.1 Å². The maximum atomic E-state index is 14.5. The van der Waals surface area contributed by atoms with Crippen molar-refractivity contribution in [1.82, 2.24) is 31.6 Å². The van der Waals surface area contributed by atoms with Gasteiger partial charge < -0.3 is 46.6 Å². The lowest BCUT2D eigenvalue weighted by Gasteiger charge is -2.24. The van der Waals surface area contributed by atoms with Crippen LogP contribution in [0.4, 0.5) is 18.4 Å². The van der Waals surface area contributed by atoms with Gasteiger partial charge in [0, 0.05) is 62.8 Å². The Labute approximate surface area is 454 Å². The van der Waals surface area contributed by atoms with Crippen molar-refractivity contribution in [3.8, 4) is 0 Å². The summed E-state index contributed by atoms with van der Waals surface area (Å²) in [6, 6.07) is 27.3. The summed E-state index contributed by atoms with van der Waals surface area (Å²) in [6.45, 7) is 14.9. The third-order valence-corrected chi connectivity index (χ3v) is 13.4. The van der Waals surface area contributed by atoms with Crippen LogP contribution in [0.1, 0.15) is 124 Å². The fourth-order valence-corrected chi connectivity index (χ4v) is 8.78. The average Bonchev–Trinajstić information content (AvgIpc) is 4.26. The first-order valence-electron chi connectivity index (χ1n) is 25.8. The van der Waals surface area contributed by atoms with Crippen molar-refractivity contribution in [2.24, 2.45) is 17.6 Å². The number of nitrogens with one attached hydrogen (secondary N) is 5. The topological polar surface area (TPSA) is 254 Å². The minimum atomic E-state index is -0.690. The third kappa shape index (κ3) is 17.1. The van der Waals surface area contributed by atoms with E-state index in [1.807, 2.05) is 67.6 Å². The molecule has 3 aliphatic rings. The first-order valence-corrected chi connectivity index (χ1v) is 25.8. The number of halogens is 2. The molecule has 7 N–H and O–H groups in total. The van der Waals surface area contributed by atoms with Crippen LogP contribution in [0, 0.1) is 23.5 Å². The Hall–Kier alpha value is -7.74. The Morgan fingerprint density at radius 3 is 1.46 bits per heavy atom. The highest BCUT2D eigenvalue weighted by Crippen LogP contribution is 2.55. The first kappa shape index (κ1) is 61.1. The lowest BCUT2D eigenvalue weighted by atomic mass is 9.95. The van der Waals surface area contributed by atoms with E-state index < -0.39 is 76.7 Å². The van der Waals surface area contributed by atoms with Gasteiger partial charge in [0.1, 0.15) is 22.8 Å². The van der Waals surface area contributed by atoms with Gasteiger partial charge >= 0.3 is 18.2 Å². The van der Waals surface area contributed by atoms with Crippen LogP contribution in [0.5, 0.6) is 0 Å². The molecule has 6 atom stereocenters. The number of carbonyl (C=O) groups is 8. The molecular weight excluding hydrogens is 1010 g/mol. The number of benzene rings is 4. The molecule has 2 saturated carbocycles. The van der Waals surface area contributed by atoms with Crippen LogP contribution in [0.15, 0.2) is 97.1 Å². The number of ether oxygens (including phenoxy) is 2. The van der Waals surface area contributed by atoms with Gasteiger partial charge in [0.15, 0.2) is 0 Å². The molecule has 2 aliphatic carbocycles. The van der Waals surface area contributed by atoms with Crippen molar-refractivity contribution in [3.05, 3.63) is 142 Å². The quantitative estimate of drug-likeness (QED) is 0.0629. The number of rotatable bonds is 16. The van der Waals surface area contributed by atoms with Crippen molar-refractivity contribution >= 4 is 47.7 Å². The molecule has 78 heavy (non-hydrogen) atoms. The van der Waals surface area contributed by atoms with E-state index in [0.29, 0.717) is 29.0 Å². The Balaban J connectivity index is 0.000000227. The predicted molar refractivity (Wildman–Crippen MR) is 286 cm³/mol. The normalized spacial score (nSPS) is 19.9. The molecule has 0 bridgehead atoms. The second-order valence-corrected chi connectivity index (χ2v) is 21.9. The third-order valence-electron chi connectivity index (χ3n) is 13.4. The largest absolute Gasteiger partial charge is 0.444 e. The van der Waals surface area contributed by atoms with Crippen molar-refractivity contribution in [1.29, 1.82) is 0 Å². The molecule has 4 aromatic carbocycles. The Kier molecular flexibility index (Phi) is 20.4. The van der Waals surface area contributed by atoms with E-state index in [4.69, 9.17) is 20.0 Å². The monoisotopic (exact) mass is 1080 g/mol. The van der Waals surface area contributed by atoms with Gasteiger partial charge in [-0.05, 0) is 114 Å². The minimum absolute atomic E-state index is 0.0272. The zero-order valence-corrected chi connectivity index (χ0v) is 46.0. The average molecular weight is 1080 g/mol. The highest BCUT2D eigenvalue weighted by atomic mass is 19.1. The highest BCUT2D eigenvalue weighted by Gasteiger charge is 2.58. The van der Waals surface area contributed by atoms with Crippen LogP contribution in [0.2, 0.25) is 0 Å². The van der Waals surface area contributed by atoms with E-state index in [0.717, 1.165) is 17.5 Å². The number of amides is 7. The van der Waals surface area contributed by atoms with Gasteiger partial charge in [0.25, 0.3) is 23.6 Å². The molecule has 4 aromatic rings. The molecule has 420 valence electrons. The number of alkyl carbamates (subject to hydrolysis) is 2. The molecule has 7 rings (SSSR count). The van der Waals surface area contributed by atoms with E-state index in [9.17, 15) is 47.1 Å². The molecule has 0 radical (unpaired) electrons. The van der Waals surface area contributed by atoms with Crippen LogP contribution in [-0.4, -0.2) is 103 Å². The second kappa shape index (κ2) is 26.1. The summed E-state index contributed by atoms with van der Waals surface area (Å²) in [5.41, 5.74) is 7.18. The minimum Gasteiger partial charge on any atom is -0.444 e. The second-order valence-electron chi connectivity index (χ2n) is 21.9. The Morgan fingerprint density at radius 1 is 0.641 bits per heavy atom. The van der Waals surface area contributed by atoms with Crippen molar-refractivity contribution < 1.29 is 61.4 Å². The van der Waals surface area contributed by atoms with Gasteiger partial charge in [-0.3, -0.25) is 24.0 Å². The molecule has 3 fully saturated rings. The standard InChI is InChI=1S/C27H34FN3O4.C16H24FN3O3.C15H15NO4/c1-26(2,3)35-25(34)31-19(13-17-11-12-20(22(28)14-17)23(32)29-5)16-30-24(33)21-15-27(21,4)18-9-7-6-8-10-18;1-16(2,3)23-15(22)20-11(9-18)7-10-5-6-12(13(17)8-10)14(21)19-4;1-15(10-5-3-2-4-6-10)9-11(15)14(19)20-16-12(17)7-8-13(16)18/h6-12,14,19,21H,13,15-16H2,1-5H3,(H,29,32)(H,30,33)(H,31,34);5-6,8,11H,7,9,18H2,1-4H3,(H,19,21)(H,20,22);2-6,11H,7-9H2,1H3/t19-,21-,27-;;11-,15-/m0.0/s1. The van der Waals surface area contributed by atoms with Crippen molar-refractivity contribution in [2.75, 3.05) is 27.2 Å². The van der Waals surface area contributed by atoms with Gasteiger partial charge in [0.2, 0.25) is 5.91 Å². The Bertz CT molecular complexity index is 2810. The predicted octanol–water partition coefficient (Wildman–Crippen LogP) is 6.87. The lowest BCUT2D eigenvalue weighted by molar-refractivity contribution is -0.198. The Morgan fingerprint density at radius 2 is 1.05 bits per heavy atom. The van der Waals surface area contributed by atoms with Crippen LogP contribution < -0.4 is 32.3 Å². The summed E-state index contributed by atoms with van der Waals surface area (Å²) >= 11 is 0. The van der Waals surface area contributed by atoms with E-state index >= 15 is 0 Å². The summed E-state index contributed by atoms with van der Waals surface area (Å²) in [4.78, 5) is 100. The molecule has 1 unspecified atom stereocenters. The number of hydrogen-bond donors (Lipinski definition) is 6. The molecule has 7 amide bonds. The zero-order valence-electron chi connectivity index (χ0n) is 46.0. The molecule has 1 heterocycles. The van der Waals surface area contributed by atoms with Crippen molar-refractivity contribution in [3.63, 3.8) is 0 Å². The number of nitrogens with zero attached hydrogens (tertiary/aromatic N) is 1. The van der Waals surface area contributed by atoms with Gasteiger partial charge in [-0.25, -0.2) is 23.2 Å². The summed E-state index contributed by atoms with van der Waals surface area (Å²) in [5.74, 6) is -4.20. The van der Waals surface area contributed by atoms with Crippen LogP contribution >= 0.6 is 0 Å². The summed E-state index contributed by atoms with van der Waals surface area (Å²) < 4.78 is 38.9. The maximum absolute atomic E-state index is 14.5. The SMILES string of the molecule is CNC(=O)c1ccc(CC(CN)NC(=O)OC(C)(C)C)cc1F.CNC(=O)c1ccc(C[C@@H](CNC(=O)[C@@H]2C[C@@]2(C)c2ccccc2)NC(=O)OC(C)(C)C)cc1F.C[C@@]1(c2ccccc2)C[C@H]1C(=O)ON1C(=O)CCC1=O. The van der Waals surface area contributed by atoms with Crippen LogP contribution in [-0.2, 0) is 57.2 Å². The molecule has 0 spiro atoms. The fraction of sp³-hybridized carbons (Fsp3) is 0.448. The number of nitrogens with two attached hydrogens (primary N) is 1. The summed E-state index contributed by atoms with van der Waals surface area (Å²) in [5, 5.41) is 13.8.